The van der Waals surface area contributed by atoms with Gasteiger partial charge in [-0.3, -0.25) is 9.69 Å². The van der Waals surface area contributed by atoms with Crippen LogP contribution in [-0.2, 0) is 14.8 Å². The molecule has 9 heteroatoms. The monoisotopic (exact) mass is 421 g/mol. The fourth-order valence-electron chi connectivity index (χ4n) is 2.62. The van der Waals surface area contributed by atoms with Crippen LogP contribution in [-0.4, -0.2) is 62.3 Å². The molecular formula is C17H25Cl2N3O3S. The summed E-state index contributed by atoms with van der Waals surface area (Å²) in [4.78, 5) is 14.1. The number of carbonyl (C=O) groups is 1. The number of amides is 1. The minimum atomic E-state index is -3.71. The SMILES string of the molecule is CC(C)[C@H](C)NC(=O)CN1CCN(S(=O)(=O)c2cccc(Cl)c2Cl)CC1. The number of sulfonamides is 1. The van der Waals surface area contributed by atoms with Crippen LogP contribution in [0, 0.1) is 5.92 Å². The van der Waals surface area contributed by atoms with Crippen molar-refractivity contribution in [1.82, 2.24) is 14.5 Å². The zero-order chi connectivity index (χ0) is 19.5. The van der Waals surface area contributed by atoms with Crippen molar-refractivity contribution in [3.8, 4) is 0 Å². The first kappa shape index (κ1) is 21.4. The molecule has 1 aliphatic rings. The second kappa shape index (κ2) is 8.89. The first-order chi connectivity index (χ1) is 12.1. The third-order valence-corrected chi connectivity index (χ3v) is 7.49. The number of carbonyl (C=O) groups excluding carboxylic acids is 1. The molecule has 146 valence electrons. The number of halogens is 2. The molecule has 1 N–H and O–H groups in total. The lowest BCUT2D eigenvalue weighted by Crippen LogP contribution is -2.52. The third kappa shape index (κ3) is 5.10. The highest BCUT2D eigenvalue weighted by molar-refractivity contribution is 7.89. The Bertz CT molecular complexity index is 748. The number of benzene rings is 1. The number of rotatable bonds is 6. The summed E-state index contributed by atoms with van der Waals surface area (Å²) in [6.07, 6.45) is 0. The number of hydrogen-bond donors (Lipinski definition) is 1. The van der Waals surface area contributed by atoms with Crippen molar-refractivity contribution in [2.45, 2.75) is 31.7 Å². The molecule has 1 aliphatic heterocycles. The van der Waals surface area contributed by atoms with Gasteiger partial charge in [-0.25, -0.2) is 8.42 Å². The van der Waals surface area contributed by atoms with Crippen LogP contribution in [0.5, 0.6) is 0 Å². The Morgan fingerprint density at radius 2 is 1.77 bits per heavy atom. The third-order valence-electron chi connectivity index (χ3n) is 4.62. The van der Waals surface area contributed by atoms with E-state index in [0.717, 1.165) is 0 Å². The van der Waals surface area contributed by atoms with E-state index in [1.165, 1.54) is 10.4 Å². The maximum Gasteiger partial charge on any atom is 0.244 e. The molecule has 1 aromatic carbocycles. The molecule has 2 rings (SSSR count). The van der Waals surface area contributed by atoms with Gasteiger partial charge in [0.05, 0.1) is 16.6 Å². The van der Waals surface area contributed by atoms with Gasteiger partial charge in [-0.2, -0.15) is 4.31 Å². The molecular weight excluding hydrogens is 397 g/mol. The molecule has 26 heavy (non-hydrogen) atoms. The van der Waals surface area contributed by atoms with Crippen LogP contribution in [0.4, 0.5) is 0 Å². The molecule has 1 atom stereocenters. The lowest BCUT2D eigenvalue weighted by atomic mass is 10.1. The molecule has 0 unspecified atom stereocenters. The van der Waals surface area contributed by atoms with Gasteiger partial charge in [0.25, 0.3) is 0 Å². The van der Waals surface area contributed by atoms with Gasteiger partial charge in [-0.05, 0) is 25.0 Å². The summed E-state index contributed by atoms with van der Waals surface area (Å²) in [5, 5.41) is 3.21. The average molecular weight is 422 g/mol. The lowest BCUT2D eigenvalue weighted by Gasteiger charge is -2.34. The van der Waals surface area contributed by atoms with Crippen molar-refractivity contribution >= 4 is 39.1 Å². The van der Waals surface area contributed by atoms with Crippen molar-refractivity contribution in [1.29, 1.82) is 0 Å². The Balaban J connectivity index is 1.95. The zero-order valence-corrected chi connectivity index (χ0v) is 17.5. The minimum absolute atomic E-state index is 0.0172. The van der Waals surface area contributed by atoms with Crippen LogP contribution >= 0.6 is 23.2 Å². The summed E-state index contributed by atoms with van der Waals surface area (Å²) in [5.74, 6) is 0.323. The second-order valence-corrected chi connectivity index (χ2v) is 9.52. The van der Waals surface area contributed by atoms with Gasteiger partial charge in [0, 0.05) is 32.2 Å². The fourth-order valence-corrected chi connectivity index (χ4v) is 4.78. The van der Waals surface area contributed by atoms with E-state index in [-0.39, 0.29) is 33.4 Å². The first-order valence-corrected chi connectivity index (χ1v) is 10.8. The molecule has 1 amide bonds. The Kier molecular flexibility index (Phi) is 7.33. The fraction of sp³-hybridized carbons (Fsp3) is 0.588. The number of hydrogen-bond acceptors (Lipinski definition) is 4. The Morgan fingerprint density at radius 1 is 1.15 bits per heavy atom. The van der Waals surface area contributed by atoms with Crippen LogP contribution in [0.3, 0.4) is 0 Å². The molecule has 0 spiro atoms. The van der Waals surface area contributed by atoms with E-state index in [1.54, 1.807) is 12.1 Å². The molecule has 0 bridgehead atoms. The number of nitrogens with zero attached hydrogens (tertiary/aromatic N) is 2. The topological polar surface area (TPSA) is 69.7 Å². The van der Waals surface area contributed by atoms with Crippen molar-refractivity contribution in [2.75, 3.05) is 32.7 Å². The molecule has 0 radical (unpaired) electrons. The van der Waals surface area contributed by atoms with Gasteiger partial charge < -0.3 is 5.32 Å². The Labute approximate surface area is 165 Å². The highest BCUT2D eigenvalue weighted by Crippen LogP contribution is 2.31. The normalized spacial score (nSPS) is 18.1. The van der Waals surface area contributed by atoms with E-state index < -0.39 is 10.0 Å². The molecule has 0 saturated carbocycles. The van der Waals surface area contributed by atoms with Crippen LogP contribution in [0.1, 0.15) is 20.8 Å². The summed E-state index contributed by atoms with van der Waals surface area (Å²) >= 11 is 12.0. The highest BCUT2D eigenvalue weighted by atomic mass is 35.5. The predicted octanol–water partition coefficient (Wildman–Crippen LogP) is 2.46. The standard InChI is InChI=1S/C17H25Cl2N3O3S/c1-12(2)13(3)20-16(23)11-21-7-9-22(10-8-21)26(24,25)15-6-4-5-14(18)17(15)19/h4-6,12-13H,7-11H2,1-3H3,(H,20,23)/t13-/m0/s1. The number of piperazine rings is 1. The van der Waals surface area contributed by atoms with E-state index in [2.05, 4.69) is 19.2 Å². The van der Waals surface area contributed by atoms with Crippen LogP contribution in [0.25, 0.3) is 0 Å². The van der Waals surface area contributed by atoms with E-state index in [0.29, 0.717) is 32.1 Å². The molecule has 0 aliphatic carbocycles. The van der Waals surface area contributed by atoms with Crippen molar-refractivity contribution in [3.63, 3.8) is 0 Å². The van der Waals surface area contributed by atoms with Crippen molar-refractivity contribution in [2.24, 2.45) is 5.92 Å². The highest BCUT2D eigenvalue weighted by Gasteiger charge is 2.31. The van der Waals surface area contributed by atoms with Crippen LogP contribution < -0.4 is 5.32 Å². The molecule has 0 aromatic heterocycles. The van der Waals surface area contributed by atoms with Gasteiger partial charge >= 0.3 is 0 Å². The molecule has 6 nitrogen and oxygen atoms in total. The predicted molar refractivity (Wildman–Crippen MR) is 104 cm³/mol. The van der Waals surface area contributed by atoms with Crippen molar-refractivity contribution in [3.05, 3.63) is 28.2 Å². The van der Waals surface area contributed by atoms with Gasteiger partial charge in [0.15, 0.2) is 0 Å². The van der Waals surface area contributed by atoms with E-state index >= 15 is 0 Å². The summed E-state index contributed by atoms with van der Waals surface area (Å²) < 4.78 is 27.0. The first-order valence-electron chi connectivity index (χ1n) is 8.58. The van der Waals surface area contributed by atoms with Gasteiger partial charge in [0.2, 0.25) is 15.9 Å². The van der Waals surface area contributed by atoms with Gasteiger partial charge in [-0.1, -0.05) is 43.1 Å². The van der Waals surface area contributed by atoms with Gasteiger partial charge in [0.1, 0.15) is 4.90 Å². The van der Waals surface area contributed by atoms with E-state index in [4.69, 9.17) is 23.2 Å². The largest absolute Gasteiger partial charge is 0.352 e. The second-order valence-electron chi connectivity index (χ2n) is 6.83. The van der Waals surface area contributed by atoms with E-state index in [1.807, 2.05) is 11.8 Å². The van der Waals surface area contributed by atoms with E-state index in [9.17, 15) is 13.2 Å². The lowest BCUT2D eigenvalue weighted by molar-refractivity contribution is -0.123. The minimum Gasteiger partial charge on any atom is -0.352 e. The molecule has 1 saturated heterocycles. The maximum absolute atomic E-state index is 12.8. The summed E-state index contributed by atoms with van der Waals surface area (Å²) in [5.41, 5.74) is 0. The quantitative estimate of drug-likeness (QED) is 0.765. The zero-order valence-electron chi connectivity index (χ0n) is 15.2. The van der Waals surface area contributed by atoms with Crippen LogP contribution in [0.15, 0.2) is 23.1 Å². The summed E-state index contributed by atoms with van der Waals surface area (Å²) in [7, 11) is -3.71. The average Bonchev–Trinajstić information content (AvgIpc) is 2.57. The maximum atomic E-state index is 12.8. The molecule has 1 fully saturated rings. The number of nitrogens with one attached hydrogen (secondary N) is 1. The van der Waals surface area contributed by atoms with Gasteiger partial charge in [-0.15, -0.1) is 0 Å². The van der Waals surface area contributed by atoms with Crippen molar-refractivity contribution < 1.29 is 13.2 Å². The van der Waals surface area contributed by atoms with Crippen LogP contribution in [0.2, 0.25) is 10.0 Å². The molecule has 1 heterocycles. The Hall–Kier alpha value is -0.860. The Morgan fingerprint density at radius 3 is 2.35 bits per heavy atom. The smallest absolute Gasteiger partial charge is 0.244 e. The summed E-state index contributed by atoms with van der Waals surface area (Å²) in [6, 6.07) is 4.68. The summed E-state index contributed by atoms with van der Waals surface area (Å²) in [6.45, 7) is 7.92. The molecule has 1 aromatic rings.